The van der Waals surface area contributed by atoms with E-state index in [9.17, 15) is 18.4 Å². The molecule has 0 aliphatic heterocycles. The molecule has 0 amide bonds. The molecule has 1 aromatic rings. The van der Waals surface area contributed by atoms with Crippen LogP contribution in [0.3, 0.4) is 0 Å². The molecule has 0 aromatic carbocycles. The summed E-state index contributed by atoms with van der Waals surface area (Å²) < 4.78 is 29.7. The van der Waals surface area contributed by atoms with Gasteiger partial charge in [0.25, 0.3) is 12.0 Å². The number of carboxylic acid groups (broad SMARTS) is 1. The Bertz CT molecular complexity index is 455. The molecule has 0 radical (unpaired) electrons. The van der Waals surface area contributed by atoms with E-state index in [1.165, 1.54) is 0 Å². The Balaban J connectivity index is 3.40. The van der Waals surface area contributed by atoms with Crippen LogP contribution in [0.2, 0.25) is 0 Å². The van der Waals surface area contributed by atoms with Crippen LogP contribution in [-0.2, 0) is 11.2 Å². The van der Waals surface area contributed by atoms with Crippen LogP contribution in [0, 0.1) is 0 Å². The molecule has 0 atom stereocenters. The zero-order valence-corrected chi connectivity index (χ0v) is 8.29. The molecule has 0 bridgehead atoms. The van der Waals surface area contributed by atoms with Crippen LogP contribution in [0.4, 0.5) is 8.78 Å². The van der Waals surface area contributed by atoms with Gasteiger partial charge in [-0.05, 0) is 0 Å². The SMILES string of the molecule is COc1c(CC(=O)O)c(C(F)F)c[nH]c1=O. The lowest BCUT2D eigenvalue weighted by Crippen LogP contribution is -2.16. The molecule has 0 aliphatic rings. The van der Waals surface area contributed by atoms with Crippen molar-refractivity contribution in [1.82, 2.24) is 4.98 Å². The molecule has 16 heavy (non-hydrogen) atoms. The number of hydrogen-bond donors (Lipinski definition) is 2. The van der Waals surface area contributed by atoms with Crippen molar-refractivity contribution in [2.45, 2.75) is 12.8 Å². The normalized spacial score (nSPS) is 10.5. The smallest absolute Gasteiger partial charge is 0.307 e. The molecule has 88 valence electrons. The van der Waals surface area contributed by atoms with E-state index in [-0.39, 0.29) is 11.3 Å². The molecule has 0 unspecified atom stereocenters. The van der Waals surface area contributed by atoms with Gasteiger partial charge in [0.05, 0.1) is 13.5 Å². The first kappa shape index (κ1) is 12.2. The number of aromatic amines is 1. The number of halogens is 2. The van der Waals surface area contributed by atoms with Crippen molar-refractivity contribution >= 4 is 5.97 Å². The molecular formula is C9H9F2NO4. The predicted molar refractivity (Wildman–Crippen MR) is 49.9 cm³/mol. The Morgan fingerprint density at radius 2 is 2.25 bits per heavy atom. The van der Waals surface area contributed by atoms with Crippen LogP contribution < -0.4 is 10.3 Å². The lowest BCUT2D eigenvalue weighted by atomic mass is 10.1. The van der Waals surface area contributed by atoms with Gasteiger partial charge in [-0.25, -0.2) is 8.78 Å². The number of aliphatic carboxylic acids is 1. The second-order valence-corrected chi connectivity index (χ2v) is 2.96. The molecule has 0 saturated heterocycles. The largest absolute Gasteiger partial charge is 0.491 e. The molecule has 7 heteroatoms. The van der Waals surface area contributed by atoms with E-state index in [1.807, 2.05) is 0 Å². The van der Waals surface area contributed by atoms with Crippen molar-refractivity contribution in [1.29, 1.82) is 0 Å². The first-order valence-corrected chi connectivity index (χ1v) is 4.25. The maximum atomic E-state index is 12.6. The summed E-state index contributed by atoms with van der Waals surface area (Å²) in [6.07, 6.45) is -2.76. The highest BCUT2D eigenvalue weighted by molar-refractivity contribution is 5.72. The van der Waals surface area contributed by atoms with Crippen LogP contribution in [0.15, 0.2) is 11.0 Å². The fraction of sp³-hybridized carbons (Fsp3) is 0.333. The van der Waals surface area contributed by atoms with E-state index >= 15 is 0 Å². The molecule has 0 saturated carbocycles. The van der Waals surface area contributed by atoms with Crippen LogP contribution in [0.1, 0.15) is 17.6 Å². The lowest BCUT2D eigenvalue weighted by Gasteiger charge is -2.10. The van der Waals surface area contributed by atoms with Gasteiger partial charge in [0.2, 0.25) is 0 Å². The maximum Gasteiger partial charge on any atom is 0.307 e. The van der Waals surface area contributed by atoms with Crippen molar-refractivity contribution in [3.63, 3.8) is 0 Å². The fourth-order valence-electron chi connectivity index (χ4n) is 1.31. The van der Waals surface area contributed by atoms with Crippen molar-refractivity contribution in [3.8, 4) is 5.75 Å². The standard InChI is InChI=1S/C9H9F2NO4/c1-16-7-4(2-6(13)14)5(8(10)11)3-12-9(7)15/h3,8H,2H2,1H3,(H,12,15)(H,13,14). The van der Waals surface area contributed by atoms with E-state index in [4.69, 9.17) is 5.11 Å². The minimum Gasteiger partial charge on any atom is -0.491 e. The summed E-state index contributed by atoms with van der Waals surface area (Å²) in [5.74, 6) is -1.70. The van der Waals surface area contributed by atoms with Crippen LogP contribution in [0.25, 0.3) is 0 Å². The van der Waals surface area contributed by atoms with Gasteiger partial charge in [0, 0.05) is 17.3 Å². The number of aromatic nitrogens is 1. The summed E-state index contributed by atoms with van der Waals surface area (Å²) in [5.41, 5.74) is -1.57. The van der Waals surface area contributed by atoms with Gasteiger partial charge in [-0.2, -0.15) is 0 Å². The summed E-state index contributed by atoms with van der Waals surface area (Å²) in [7, 11) is 1.12. The summed E-state index contributed by atoms with van der Waals surface area (Å²) in [6, 6.07) is 0. The molecule has 1 aromatic heterocycles. The number of carbonyl (C=O) groups is 1. The Morgan fingerprint density at radius 1 is 1.62 bits per heavy atom. The number of carboxylic acids is 1. The van der Waals surface area contributed by atoms with Gasteiger partial charge in [0.15, 0.2) is 5.75 Å². The summed E-state index contributed by atoms with van der Waals surface area (Å²) in [5, 5.41) is 8.57. The molecule has 0 aliphatic carbocycles. The Morgan fingerprint density at radius 3 is 2.69 bits per heavy atom. The van der Waals surface area contributed by atoms with E-state index in [1.54, 1.807) is 0 Å². The van der Waals surface area contributed by atoms with E-state index in [0.29, 0.717) is 0 Å². The number of hydrogen-bond acceptors (Lipinski definition) is 3. The van der Waals surface area contributed by atoms with Gasteiger partial charge in [0.1, 0.15) is 0 Å². The first-order valence-electron chi connectivity index (χ1n) is 4.25. The zero-order valence-electron chi connectivity index (χ0n) is 8.29. The third-order valence-electron chi connectivity index (χ3n) is 1.95. The minimum atomic E-state index is -2.87. The van der Waals surface area contributed by atoms with Crippen molar-refractivity contribution in [2.24, 2.45) is 0 Å². The van der Waals surface area contributed by atoms with Gasteiger partial charge >= 0.3 is 5.97 Å². The average Bonchev–Trinajstić information content (AvgIpc) is 2.16. The summed E-state index contributed by atoms with van der Waals surface area (Å²) >= 11 is 0. The highest BCUT2D eigenvalue weighted by Crippen LogP contribution is 2.26. The number of H-pyrrole nitrogens is 1. The second kappa shape index (κ2) is 4.73. The van der Waals surface area contributed by atoms with Crippen LogP contribution in [-0.4, -0.2) is 23.2 Å². The molecule has 1 rings (SSSR count). The summed E-state index contributed by atoms with van der Waals surface area (Å²) in [4.78, 5) is 23.8. The van der Waals surface area contributed by atoms with E-state index in [0.717, 1.165) is 13.3 Å². The Kier molecular flexibility index (Phi) is 3.60. The maximum absolute atomic E-state index is 12.6. The fourth-order valence-corrected chi connectivity index (χ4v) is 1.31. The van der Waals surface area contributed by atoms with Gasteiger partial charge in [-0.15, -0.1) is 0 Å². The number of nitrogens with one attached hydrogen (secondary N) is 1. The van der Waals surface area contributed by atoms with Crippen molar-refractivity contribution in [3.05, 3.63) is 27.7 Å². The van der Waals surface area contributed by atoms with Crippen molar-refractivity contribution < 1.29 is 23.4 Å². The van der Waals surface area contributed by atoms with E-state index < -0.39 is 29.9 Å². The molecule has 2 N–H and O–H groups in total. The van der Waals surface area contributed by atoms with Crippen LogP contribution in [0.5, 0.6) is 5.75 Å². The minimum absolute atomic E-state index is 0.297. The molecule has 0 fully saturated rings. The zero-order chi connectivity index (χ0) is 12.3. The number of alkyl halides is 2. The molecular weight excluding hydrogens is 224 g/mol. The number of pyridine rings is 1. The van der Waals surface area contributed by atoms with Crippen molar-refractivity contribution in [2.75, 3.05) is 7.11 Å². The molecule has 0 spiro atoms. The molecule has 1 heterocycles. The van der Waals surface area contributed by atoms with Gasteiger partial charge in [-0.1, -0.05) is 0 Å². The topological polar surface area (TPSA) is 79.4 Å². The van der Waals surface area contributed by atoms with E-state index in [2.05, 4.69) is 9.72 Å². The first-order chi connectivity index (χ1) is 7.47. The monoisotopic (exact) mass is 233 g/mol. The average molecular weight is 233 g/mol. The second-order valence-electron chi connectivity index (χ2n) is 2.96. The van der Waals surface area contributed by atoms with Crippen LogP contribution >= 0.6 is 0 Å². The predicted octanol–water partition coefficient (Wildman–Crippen LogP) is 0.948. The molecule has 5 nitrogen and oxygen atoms in total. The van der Waals surface area contributed by atoms with Gasteiger partial charge < -0.3 is 14.8 Å². The summed E-state index contributed by atoms with van der Waals surface area (Å²) in [6.45, 7) is 0. The highest BCUT2D eigenvalue weighted by atomic mass is 19.3. The number of rotatable bonds is 4. The Hall–Kier alpha value is -1.92. The number of methoxy groups -OCH3 is 1. The lowest BCUT2D eigenvalue weighted by molar-refractivity contribution is -0.136. The van der Waals surface area contributed by atoms with Gasteiger partial charge in [-0.3, -0.25) is 9.59 Å². The highest BCUT2D eigenvalue weighted by Gasteiger charge is 2.21. The third-order valence-corrected chi connectivity index (χ3v) is 1.95. The quantitative estimate of drug-likeness (QED) is 0.811. The Labute approximate surface area is 88.7 Å². The third kappa shape index (κ3) is 2.36. The number of ether oxygens (including phenoxy) is 1.